The second-order valence-corrected chi connectivity index (χ2v) is 4.60. The van der Waals surface area contributed by atoms with E-state index in [1.54, 1.807) is 0 Å². The van der Waals surface area contributed by atoms with Crippen LogP contribution in [0.2, 0.25) is 0 Å². The number of fused-ring (bicyclic) bond motifs is 1. The average molecular weight is 252 g/mol. The topological polar surface area (TPSA) is 33.0 Å². The number of rotatable bonds is 0. The highest BCUT2D eigenvalue weighted by Gasteiger charge is 2.33. The molecule has 72 valence electrons. The zero-order chi connectivity index (χ0) is 10.2. The summed E-state index contributed by atoms with van der Waals surface area (Å²) in [6, 6.07) is 8.18. The molecule has 1 atom stereocenters. The number of halogens is 1. The molecule has 1 aromatic carbocycles. The Hall–Kier alpha value is -1.01. The molecule has 0 spiro atoms. The minimum absolute atomic E-state index is 0.405. The van der Waals surface area contributed by atoms with Crippen molar-refractivity contribution in [2.75, 3.05) is 6.61 Å². The molecule has 0 aliphatic carbocycles. The van der Waals surface area contributed by atoms with Gasteiger partial charge in [0.1, 0.15) is 5.75 Å². The Morgan fingerprint density at radius 1 is 1.57 bits per heavy atom. The highest BCUT2D eigenvalue weighted by Crippen LogP contribution is 2.39. The van der Waals surface area contributed by atoms with Crippen molar-refractivity contribution < 1.29 is 4.74 Å². The highest BCUT2D eigenvalue weighted by atomic mass is 79.9. The smallest absolute Gasteiger partial charge is 0.124 e. The second kappa shape index (κ2) is 3.29. The van der Waals surface area contributed by atoms with Crippen LogP contribution in [0.4, 0.5) is 0 Å². The molecule has 1 aromatic rings. The Bertz CT molecular complexity index is 410. The Morgan fingerprint density at radius 3 is 3.07 bits per heavy atom. The van der Waals surface area contributed by atoms with E-state index >= 15 is 0 Å². The lowest BCUT2D eigenvalue weighted by Crippen LogP contribution is -2.28. The van der Waals surface area contributed by atoms with Crippen LogP contribution in [-0.4, -0.2) is 6.61 Å². The maximum absolute atomic E-state index is 9.17. The lowest BCUT2D eigenvalue weighted by molar-refractivity contribution is 0.250. The van der Waals surface area contributed by atoms with E-state index in [0.717, 1.165) is 22.2 Å². The molecule has 1 aliphatic heterocycles. The zero-order valence-corrected chi connectivity index (χ0v) is 9.47. The monoisotopic (exact) mass is 251 g/mol. The van der Waals surface area contributed by atoms with Gasteiger partial charge >= 0.3 is 0 Å². The van der Waals surface area contributed by atoms with E-state index < -0.39 is 5.41 Å². The number of ether oxygens (including phenoxy) is 1. The first-order valence-corrected chi connectivity index (χ1v) is 5.29. The summed E-state index contributed by atoms with van der Waals surface area (Å²) in [5, 5.41) is 9.17. The molecule has 2 rings (SSSR count). The fourth-order valence-corrected chi connectivity index (χ4v) is 2.04. The normalized spacial score (nSPS) is 24.6. The van der Waals surface area contributed by atoms with Gasteiger partial charge in [0.2, 0.25) is 0 Å². The quantitative estimate of drug-likeness (QED) is 0.711. The summed E-state index contributed by atoms with van der Waals surface area (Å²) < 4.78 is 6.49. The van der Waals surface area contributed by atoms with Crippen LogP contribution in [0, 0.1) is 11.3 Å². The number of nitrogens with zero attached hydrogens (tertiary/aromatic N) is 1. The number of hydrogen-bond donors (Lipinski definition) is 0. The first-order chi connectivity index (χ1) is 6.65. The van der Waals surface area contributed by atoms with Gasteiger partial charge in [-0.3, -0.25) is 0 Å². The van der Waals surface area contributed by atoms with E-state index in [-0.39, 0.29) is 0 Å². The van der Waals surface area contributed by atoms with E-state index in [9.17, 15) is 0 Å². The molecule has 0 amide bonds. The number of nitriles is 1. The Kier molecular flexibility index (Phi) is 2.24. The highest BCUT2D eigenvalue weighted by molar-refractivity contribution is 9.10. The summed E-state index contributed by atoms with van der Waals surface area (Å²) in [5.74, 6) is 0.837. The fraction of sp³-hybridized carbons (Fsp3) is 0.364. The van der Waals surface area contributed by atoms with Crippen molar-refractivity contribution in [3.05, 3.63) is 28.2 Å². The van der Waals surface area contributed by atoms with Gasteiger partial charge in [0, 0.05) is 16.5 Å². The number of benzene rings is 1. The van der Waals surface area contributed by atoms with Crippen LogP contribution in [-0.2, 0) is 5.41 Å². The van der Waals surface area contributed by atoms with Gasteiger partial charge in [-0.05, 0) is 25.1 Å². The fourth-order valence-electron chi connectivity index (χ4n) is 1.68. The van der Waals surface area contributed by atoms with Crippen LogP contribution in [0.1, 0.15) is 18.9 Å². The SMILES string of the molecule is CC1(C#N)CCOc2ccc(Br)cc21. The molecular formula is C11H10BrNO. The number of hydrogen-bond acceptors (Lipinski definition) is 2. The molecule has 0 saturated carbocycles. The minimum Gasteiger partial charge on any atom is -0.493 e. The largest absolute Gasteiger partial charge is 0.493 e. The van der Waals surface area contributed by atoms with Gasteiger partial charge < -0.3 is 4.74 Å². The molecule has 1 heterocycles. The van der Waals surface area contributed by atoms with Crippen molar-refractivity contribution in [1.29, 1.82) is 5.26 Å². The van der Waals surface area contributed by atoms with Crippen LogP contribution >= 0.6 is 15.9 Å². The molecule has 0 bridgehead atoms. The molecule has 0 fully saturated rings. The Morgan fingerprint density at radius 2 is 2.36 bits per heavy atom. The predicted octanol–water partition coefficient (Wildman–Crippen LogP) is 3.01. The molecule has 0 N–H and O–H groups in total. The van der Waals surface area contributed by atoms with E-state index in [0.29, 0.717) is 6.61 Å². The van der Waals surface area contributed by atoms with Gasteiger partial charge in [0.25, 0.3) is 0 Å². The lowest BCUT2D eigenvalue weighted by Gasteiger charge is -2.29. The zero-order valence-electron chi connectivity index (χ0n) is 7.88. The lowest BCUT2D eigenvalue weighted by atomic mass is 9.79. The van der Waals surface area contributed by atoms with Crippen LogP contribution in [0.15, 0.2) is 22.7 Å². The molecule has 2 nitrogen and oxygen atoms in total. The summed E-state index contributed by atoms with van der Waals surface area (Å²) in [6.07, 6.45) is 0.757. The predicted molar refractivity (Wildman–Crippen MR) is 57.2 cm³/mol. The van der Waals surface area contributed by atoms with E-state index in [1.807, 2.05) is 25.1 Å². The van der Waals surface area contributed by atoms with Crippen LogP contribution in [0.25, 0.3) is 0 Å². The minimum atomic E-state index is -0.405. The molecule has 0 aromatic heterocycles. The maximum Gasteiger partial charge on any atom is 0.124 e. The first-order valence-electron chi connectivity index (χ1n) is 4.50. The summed E-state index contributed by atoms with van der Waals surface area (Å²) in [5.41, 5.74) is 0.581. The van der Waals surface area contributed by atoms with Gasteiger partial charge in [0.05, 0.1) is 18.1 Å². The van der Waals surface area contributed by atoms with Crippen molar-refractivity contribution in [1.82, 2.24) is 0 Å². The summed E-state index contributed by atoms with van der Waals surface area (Å²) in [7, 11) is 0. The summed E-state index contributed by atoms with van der Waals surface area (Å²) in [4.78, 5) is 0. The van der Waals surface area contributed by atoms with E-state index in [1.165, 1.54) is 0 Å². The van der Waals surface area contributed by atoms with Crippen LogP contribution in [0.3, 0.4) is 0 Å². The van der Waals surface area contributed by atoms with Gasteiger partial charge in [-0.1, -0.05) is 15.9 Å². The molecule has 3 heteroatoms. The van der Waals surface area contributed by atoms with Crippen molar-refractivity contribution in [3.8, 4) is 11.8 Å². The molecule has 1 aliphatic rings. The average Bonchev–Trinajstić information content (AvgIpc) is 2.20. The van der Waals surface area contributed by atoms with Gasteiger partial charge in [-0.2, -0.15) is 5.26 Å². The Balaban J connectivity index is 2.59. The van der Waals surface area contributed by atoms with Crippen molar-refractivity contribution in [2.45, 2.75) is 18.8 Å². The van der Waals surface area contributed by atoms with Crippen molar-refractivity contribution >= 4 is 15.9 Å². The third kappa shape index (κ3) is 1.40. The van der Waals surface area contributed by atoms with E-state index in [4.69, 9.17) is 10.00 Å². The maximum atomic E-state index is 9.17. The van der Waals surface area contributed by atoms with Crippen LogP contribution in [0.5, 0.6) is 5.75 Å². The van der Waals surface area contributed by atoms with Crippen molar-refractivity contribution in [2.24, 2.45) is 0 Å². The molecule has 14 heavy (non-hydrogen) atoms. The van der Waals surface area contributed by atoms with Gasteiger partial charge in [0.15, 0.2) is 0 Å². The van der Waals surface area contributed by atoms with Crippen LogP contribution < -0.4 is 4.74 Å². The van der Waals surface area contributed by atoms with Gasteiger partial charge in [-0.25, -0.2) is 0 Å². The summed E-state index contributed by atoms with van der Waals surface area (Å²) in [6.45, 7) is 2.58. The molecule has 1 unspecified atom stereocenters. The molecule has 0 radical (unpaired) electrons. The molecule has 0 saturated heterocycles. The summed E-state index contributed by atoms with van der Waals surface area (Å²) >= 11 is 3.41. The first kappa shape index (κ1) is 9.54. The standard InChI is InChI=1S/C11H10BrNO/c1-11(7-13)4-5-14-10-3-2-8(12)6-9(10)11/h2-3,6H,4-5H2,1H3. The van der Waals surface area contributed by atoms with E-state index in [2.05, 4.69) is 22.0 Å². The van der Waals surface area contributed by atoms with Gasteiger partial charge in [-0.15, -0.1) is 0 Å². The third-order valence-corrected chi connectivity index (χ3v) is 3.14. The Labute approximate surface area is 91.6 Å². The molecular weight excluding hydrogens is 242 g/mol. The third-order valence-electron chi connectivity index (χ3n) is 2.64. The van der Waals surface area contributed by atoms with Crippen molar-refractivity contribution in [3.63, 3.8) is 0 Å². The second-order valence-electron chi connectivity index (χ2n) is 3.68.